The Kier molecular flexibility index (Phi) is 5.23. The molecule has 5 rings (SSSR count). The lowest BCUT2D eigenvalue weighted by Crippen LogP contribution is -2.37. The van der Waals surface area contributed by atoms with Crippen molar-refractivity contribution in [1.82, 2.24) is 29.7 Å². The number of hydrogen-bond acceptors (Lipinski definition) is 5. The summed E-state index contributed by atoms with van der Waals surface area (Å²) in [4.78, 5) is 15.1. The normalized spacial score (nSPS) is 20.5. The predicted molar refractivity (Wildman–Crippen MR) is 111 cm³/mol. The molecule has 33 heavy (non-hydrogen) atoms. The fourth-order valence-corrected chi connectivity index (χ4v) is 4.96. The van der Waals surface area contributed by atoms with Crippen LogP contribution in [-0.4, -0.2) is 61.9 Å². The quantitative estimate of drug-likeness (QED) is 0.601. The van der Waals surface area contributed by atoms with Gasteiger partial charge in [0.1, 0.15) is 0 Å². The van der Waals surface area contributed by atoms with E-state index in [0.29, 0.717) is 26.3 Å². The Hall–Kier alpha value is -3.21. The number of amides is 1. The highest BCUT2D eigenvalue weighted by Gasteiger charge is 2.50. The first-order chi connectivity index (χ1) is 15.7. The number of alkyl halides is 3. The SMILES string of the molecule is Cn1cc(C2CN(C(=O)c3cn(-c4cccc(C(F)(F)F)c4)nn3)CC23CCOCC3)cn1. The molecule has 2 fully saturated rings. The first-order valence-corrected chi connectivity index (χ1v) is 10.7. The zero-order valence-corrected chi connectivity index (χ0v) is 18.0. The van der Waals surface area contributed by atoms with Crippen molar-refractivity contribution >= 4 is 5.91 Å². The van der Waals surface area contributed by atoms with E-state index >= 15 is 0 Å². The number of nitrogens with zero attached hydrogens (tertiary/aromatic N) is 6. The van der Waals surface area contributed by atoms with Crippen molar-refractivity contribution in [2.75, 3.05) is 26.3 Å². The lowest BCUT2D eigenvalue weighted by atomic mass is 9.70. The Labute approximate surface area is 187 Å². The van der Waals surface area contributed by atoms with Gasteiger partial charge < -0.3 is 9.64 Å². The van der Waals surface area contributed by atoms with E-state index in [4.69, 9.17) is 4.74 Å². The Balaban J connectivity index is 1.40. The van der Waals surface area contributed by atoms with E-state index in [9.17, 15) is 18.0 Å². The highest BCUT2D eigenvalue weighted by Crippen LogP contribution is 2.49. The number of ether oxygens (including phenoxy) is 1. The van der Waals surface area contributed by atoms with Gasteiger partial charge >= 0.3 is 6.18 Å². The molecule has 1 amide bonds. The Morgan fingerprint density at radius 1 is 1.21 bits per heavy atom. The number of rotatable bonds is 3. The number of likely N-dealkylation sites (tertiary alicyclic amines) is 1. The molecule has 174 valence electrons. The van der Waals surface area contributed by atoms with Crippen molar-refractivity contribution in [3.05, 3.63) is 59.7 Å². The third-order valence-corrected chi connectivity index (χ3v) is 6.70. The average Bonchev–Trinajstić information content (AvgIpc) is 3.52. The molecule has 0 aliphatic carbocycles. The van der Waals surface area contributed by atoms with Crippen LogP contribution in [0.1, 0.15) is 40.4 Å². The predicted octanol–water partition coefficient (Wildman–Crippen LogP) is 3.06. The number of carbonyl (C=O) groups excluding carboxylic acids is 1. The van der Waals surface area contributed by atoms with E-state index in [0.717, 1.165) is 30.5 Å². The number of aryl methyl sites for hydroxylation is 1. The molecule has 0 radical (unpaired) electrons. The van der Waals surface area contributed by atoms with Crippen molar-refractivity contribution in [3.8, 4) is 5.69 Å². The summed E-state index contributed by atoms with van der Waals surface area (Å²) in [6.45, 7) is 2.36. The molecule has 2 aromatic heterocycles. The van der Waals surface area contributed by atoms with Gasteiger partial charge in [0.05, 0.1) is 23.6 Å². The van der Waals surface area contributed by atoms with Gasteiger partial charge in [0, 0.05) is 50.9 Å². The highest BCUT2D eigenvalue weighted by molar-refractivity contribution is 5.92. The zero-order valence-electron chi connectivity index (χ0n) is 18.0. The summed E-state index contributed by atoms with van der Waals surface area (Å²) in [6, 6.07) is 4.76. The summed E-state index contributed by atoms with van der Waals surface area (Å²) in [5, 5.41) is 12.2. The van der Waals surface area contributed by atoms with E-state index in [2.05, 4.69) is 15.4 Å². The van der Waals surface area contributed by atoms with Crippen LogP contribution in [0.3, 0.4) is 0 Å². The standard InChI is InChI=1S/C22H23F3N6O2/c1-29-11-15(10-26-29)18-12-30(14-21(18)5-7-33-8-6-21)20(32)19-13-31(28-27-19)17-4-2-3-16(9-17)22(23,24)25/h2-4,9-11,13,18H,5-8,12,14H2,1H3. The minimum atomic E-state index is -4.47. The first kappa shape index (κ1) is 21.6. The molecule has 2 saturated heterocycles. The lowest BCUT2D eigenvalue weighted by Gasteiger charge is -2.37. The molecule has 4 heterocycles. The summed E-state index contributed by atoms with van der Waals surface area (Å²) in [5.74, 6) is -0.164. The van der Waals surface area contributed by atoms with E-state index < -0.39 is 11.7 Å². The Bertz CT molecular complexity index is 1160. The molecule has 1 spiro atoms. The van der Waals surface area contributed by atoms with Crippen LogP contribution < -0.4 is 0 Å². The third-order valence-electron chi connectivity index (χ3n) is 6.70. The third kappa shape index (κ3) is 4.01. The molecule has 8 nitrogen and oxygen atoms in total. The van der Waals surface area contributed by atoms with E-state index in [1.807, 2.05) is 19.4 Å². The molecule has 2 aliphatic rings. The van der Waals surface area contributed by atoms with Gasteiger partial charge in [-0.25, -0.2) is 4.68 Å². The van der Waals surface area contributed by atoms with Gasteiger partial charge in [0.15, 0.2) is 5.69 Å². The smallest absolute Gasteiger partial charge is 0.381 e. The van der Waals surface area contributed by atoms with Crippen molar-refractivity contribution in [2.45, 2.75) is 24.9 Å². The maximum Gasteiger partial charge on any atom is 0.416 e. The fourth-order valence-electron chi connectivity index (χ4n) is 4.96. The number of halogens is 3. The van der Waals surface area contributed by atoms with Crippen LogP contribution in [0.15, 0.2) is 42.9 Å². The van der Waals surface area contributed by atoms with Crippen LogP contribution in [0.2, 0.25) is 0 Å². The van der Waals surface area contributed by atoms with Crippen LogP contribution in [0.5, 0.6) is 0 Å². The molecule has 2 aliphatic heterocycles. The number of carbonyl (C=O) groups is 1. The fraction of sp³-hybridized carbons (Fsp3) is 0.455. The maximum absolute atomic E-state index is 13.3. The minimum absolute atomic E-state index is 0.0986. The molecule has 11 heteroatoms. The number of benzene rings is 1. The molecule has 0 saturated carbocycles. The maximum atomic E-state index is 13.3. The van der Waals surface area contributed by atoms with Crippen molar-refractivity contribution in [2.24, 2.45) is 12.5 Å². The van der Waals surface area contributed by atoms with Crippen LogP contribution in [0, 0.1) is 5.41 Å². The lowest BCUT2D eigenvalue weighted by molar-refractivity contribution is -0.137. The minimum Gasteiger partial charge on any atom is -0.381 e. The van der Waals surface area contributed by atoms with Crippen LogP contribution in [0.25, 0.3) is 5.69 Å². The van der Waals surface area contributed by atoms with E-state index in [1.165, 1.54) is 23.0 Å². The summed E-state index contributed by atoms with van der Waals surface area (Å²) >= 11 is 0. The topological polar surface area (TPSA) is 78.1 Å². The van der Waals surface area contributed by atoms with Gasteiger partial charge in [-0.1, -0.05) is 11.3 Å². The van der Waals surface area contributed by atoms with Crippen LogP contribution >= 0.6 is 0 Å². The molecular formula is C22H23F3N6O2. The van der Waals surface area contributed by atoms with Gasteiger partial charge in [-0.3, -0.25) is 9.48 Å². The zero-order chi connectivity index (χ0) is 23.2. The van der Waals surface area contributed by atoms with Crippen molar-refractivity contribution in [3.63, 3.8) is 0 Å². The second kappa shape index (κ2) is 7.98. The van der Waals surface area contributed by atoms with Gasteiger partial charge in [-0.05, 0) is 36.6 Å². The monoisotopic (exact) mass is 460 g/mol. The van der Waals surface area contributed by atoms with E-state index in [-0.39, 0.29) is 28.6 Å². The average molecular weight is 460 g/mol. The summed E-state index contributed by atoms with van der Waals surface area (Å²) < 4.78 is 47.7. The van der Waals surface area contributed by atoms with Crippen LogP contribution in [0.4, 0.5) is 13.2 Å². The molecule has 1 aromatic carbocycles. The largest absolute Gasteiger partial charge is 0.416 e. The van der Waals surface area contributed by atoms with Gasteiger partial charge in [-0.2, -0.15) is 18.3 Å². The van der Waals surface area contributed by atoms with E-state index in [1.54, 1.807) is 9.58 Å². The number of aromatic nitrogens is 5. The summed E-state index contributed by atoms with van der Waals surface area (Å²) in [7, 11) is 1.87. The second-order valence-electron chi connectivity index (χ2n) is 8.76. The van der Waals surface area contributed by atoms with Gasteiger partial charge in [-0.15, -0.1) is 5.10 Å². The highest BCUT2D eigenvalue weighted by atomic mass is 19.4. The molecular weight excluding hydrogens is 437 g/mol. The molecule has 3 aromatic rings. The first-order valence-electron chi connectivity index (χ1n) is 10.7. The second-order valence-corrected chi connectivity index (χ2v) is 8.76. The Morgan fingerprint density at radius 2 is 2.00 bits per heavy atom. The summed E-state index contributed by atoms with van der Waals surface area (Å²) in [6.07, 6.45) is 2.43. The molecule has 1 unspecified atom stereocenters. The van der Waals surface area contributed by atoms with Gasteiger partial charge in [0.25, 0.3) is 5.91 Å². The van der Waals surface area contributed by atoms with Crippen molar-refractivity contribution in [1.29, 1.82) is 0 Å². The van der Waals surface area contributed by atoms with Gasteiger partial charge in [0.2, 0.25) is 0 Å². The molecule has 1 atom stereocenters. The molecule has 0 bridgehead atoms. The molecule has 0 N–H and O–H groups in total. The van der Waals surface area contributed by atoms with Crippen LogP contribution in [-0.2, 0) is 18.0 Å². The van der Waals surface area contributed by atoms with Crippen molar-refractivity contribution < 1.29 is 22.7 Å². The Morgan fingerprint density at radius 3 is 2.70 bits per heavy atom. The number of hydrogen-bond donors (Lipinski definition) is 0. The summed E-state index contributed by atoms with van der Waals surface area (Å²) in [5.41, 5.74) is 0.480.